The molecular formula is C12H6O4. The lowest BCUT2D eigenvalue weighted by molar-refractivity contribution is 0.559. The highest BCUT2D eigenvalue weighted by Crippen LogP contribution is 2.21. The maximum atomic E-state index is 11.5. The minimum Gasteiger partial charge on any atom is -0.463 e. The molecule has 2 aromatic heterocycles. The molecule has 0 spiro atoms. The SMILES string of the molecule is O=c1ccc2c(ccc3c(=O)ccoc32)o1. The molecule has 4 nitrogen and oxygen atoms in total. The summed E-state index contributed by atoms with van der Waals surface area (Å²) in [6.45, 7) is 0. The Labute approximate surface area is 88.7 Å². The fraction of sp³-hybridized carbons (Fsp3) is 0. The van der Waals surface area contributed by atoms with E-state index in [1.165, 1.54) is 18.4 Å². The number of rotatable bonds is 0. The minimum absolute atomic E-state index is 0.116. The summed E-state index contributed by atoms with van der Waals surface area (Å²) in [5.41, 5.74) is 0.308. The molecule has 0 aliphatic heterocycles. The molecule has 0 saturated carbocycles. The highest BCUT2D eigenvalue weighted by molar-refractivity contribution is 6.01. The van der Waals surface area contributed by atoms with E-state index >= 15 is 0 Å². The fourth-order valence-corrected chi connectivity index (χ4v) is 1.70. The van der Waals surface area contributed by atoms with Gasteiger partial charge in [0.25, 0.3) is 0 Å². The molecule has 0 N–H and O–H groups in total. The number of hydrogen-bond donors (Lipinski definition) is 0. The average Bonchev–Trinajstić information content (AvgIpc) is 2.28. The van der Waals surface area contributed by atoms with Gasteiger partial charge in [0, 0.05) is 12.1 Å². The molecule has 0 bridgehead atoms. The summed E-state index contributed by atoms with van der Waals surface area (Å²) >= 11 is 0. The van der Waals surface area contributed by atoms with Crippen LogP contribution >= 0.6 is 0 Å². The van der Waals surface area contributed by atoms with Crippen molar-refractivity contribution >= 4 is 21.9 Å². The van der Waals surface area contributed by atoms with Crippen LogP contribution in [0.15, 0.2) is 55.0 Å². The van der Waals surface area contributed by atoms with Gasteiger partial charge in [-0.2, -0.15) is 0 Å². The Kier molecular flexibility index (Phi) is 1.71. The molecule has 0 unspecified atom stereocenters. The van der Waals surface area contributed by atoms with Crippen LogP contribution in [0.5, 0.6) is 0 Å². The van der Waals surface area contributed by atoms with Crippen molar-refractivity contribution in [2.24, 2.45) is 0 Å². The van der Waals surface area contributed by atoms with Crippen LogP contribution in [-0.4, -0.2) is 0 Å². The van der Waals surface area contributed by atoms with Crippen molar-refractivity contribution in [1.82, 2.24) is 0 Å². The van der Waals surface area contributed by atoms with Gasteiger partial charge in [-0.05, 0) is 18.2 Å². The Hall–Kier alpha value is -2.36. The van der Waals surface area contributed by atoms with Crippen LogP contribution in [0, 0.1) is 0 Å². The van der Waals surface area contributed by atoms with Crippen molar-refractivity contribution in [2.45, 2.75) is 0 Å². The monoisotopic (exact) mass is 214 g/mol. The number of benzene rings is 1. The van der Waals surface area contributed by atoms with E-state index in [1.54, 1.807) is 18.2 Å². The Morgan fingerprint density at radius 3 is 2.56 bits per heavy atom. The summed E-state index contributed by atoms with van der Waals surface area (Å²) in [5, 5.41) is 1.10. The molecular weight excluding hydrogens is 208 g/mol. The third-order valence-electron chi connectivity index (χ3n) is 2.42. The van der Waals surface area contributed by atoms with E-state index in [0.717, 1.165) is 0 Å². The molecule has 0 saturated heterocycles. The van der Waals surface area contributed by atoms with Gasteiger partial charge in [0.1, 0.15) is 11.2 Å². The largest absolute Gasteiger partial charge is 0.463 e. The first-order valence-electron chi connectivity index (χ1n) is 4.70. The van der Waals surface area contributed by atoms with Crippen molar-refractivity contribution in [3.8, 4) is 0 Å². The van der Waals surface area contributed by atoms with Gasteiger partial charge in [-0.15, -0.1) is 0 Å². The summed E-state index contributed by atoms with van der Waals surface area (Å²) in [5.74, 6) is 0. The Bertz CT molecular complexity index is 795. The van der Waals surface area contributed by atoms with E-state index in [2.05, 4.69) is 0 Å². The van der Waals surface area contributed by atoms with Crippen molar-refractivity contribution < 1.29 is 8.83 Å². The van der Waals surface area contributed by atoms with E-state index in [0.29, 0.717) is 21.9 Å². The predicted molar refractivity (Wildman–Crippen MR) is 58.5 cm³/mol. The fourth-order valence-electron chi connectivity index (χ4n) is 1.70. The normalized spacial score (nSPS) is 11.0. The quantitative estimate of drug-likeness (QED) is 0.423. The third kappa shape index (κ3) is 1.16. The zero-order valence-electron chi connectivity index (χ0n) is 8.10. The second-order valence-corrected chi connectivity index (χ2v) is 3.39. The van der Waals surface area contributed by atoms with Crippen LogP contribution in [0.2, 0.25) is 0 Å². The molecule has 78 valence electrons. The van der Waals surface area contributed by atoms with Crippen LogP contribution in [0.25, 0.3) is 21.9 Å². The number of hydrogen-bond acceptors (Lipinski definition) is 4. The molecule has 4 heteroatoms. The molecule has 0 aliphatic rings. The molecule has 0 amide bonds. The summed E-state index contributed by atoms with van der Waals surface area (Å²) in [7, 11) is 0. The van der Waals surface area contributed by atoms with E-state index in [1.807, 2.05) is 0 Å². The van der Waals surface area contributed by atoms with Crippen molar-refractivity contribution in [3.05, 3.63) is 57.2 Å². The molecule has 16 heavy (non-hydrogen) atoms. The minimum atomic E-state index is -0.426. The first kappa shape index (κ1) is 8.91. The van der Waals surface area contributed by atoms with E-state index in [9.17, 15) is 9.59 Å². The average molecular weight is 214 g/mol. The van der Waals surface area contributed by atoms with Crippen LogP contribution in [-0.2, 0) is 0 Å². The highest BCUT2D eigenvalue weighted by Gasteiger charge is 2.06. The lowest BCUT2D eigenvalue weighted by atomic mass is 10.1. The maximum absolute atomic E-state index is 11.5. The molecule has 0 aliphatic carbocycles. The third-order valence-corrected chi connectivity index (χ3v) is 2.42. The Balaban J connectivity index is 2.65. The predicted octanol–water partition coefficient (Wildman–Crippen LogP) is 1.90. The van der Waals surface area contributed by atoms with Crippen LogP contribution in [0.1, 0.15) is 0 Å². The van der Waals surface area contributed by atoms with Gasteiger partial charge in [0.05, 0.1) is 17.0 Å². The first-order chi connectivity index (χ1) is 7.75. The zero-order valence-corrected chi connectivity index (χ0v) is 8.10. The second kappa shape index (κ2) is 3.06. The molecule has 2 heterocycles. The highest BCUT2D eigenvalue weighted by atomic mass is 16.4. The summed E-state index contributed by atoms with van der Waals surface area (Å²) in [4.78, 5) is 22.6. The van der Waals surface area contributed by atoms with E-state index in [-0.39, 0.29) is 5.43 Å². The van der Waals surface area contributed by atoms with Crippen LogP contribution in [0.4, 0.5) is 0 Å². The van der Waals surface area contributed by atoms with Gasteiger partial charge in [-0.3, -0.25) is 4.79 Å². The summed E-state index contributed by atoms with van der Waals surface area (Å²) in [6, 6.07) is 7.43. The van der Waals surface area contributed by atoms with Gasteiger partial charge in [-0.1, -0.05) is 0 Å². The first-order valence-corrected chi connectivity index (χ1v) is 4.70. The van der Waals surface area contributed by atoms with Crippen LogP contribution in [0.3, 0.4) is 0 Å². The van der Waals surface area contributed by atoms with Gasteiger partial charge in [0.2, 0.25) is 0 Å². The maximum Gasteiger partial charge on any atom is 0.336 e. The van der Waals surface area contributed by atoms with Gasteiger partial charge >= 0.3 is 5.63 Å². The molecule has 3 rings (SSSR count). The molecule has 0 atom stereocenters. The second-order valence-electron chi connectivity index (χ2n) is 3.39. The zero-order chi connectivity index (χ0) is 11.1. The summed E-state index contributed by atoms with van der Waals surface area (Å²) < 4.78 is 10.3. The standard InChI is InChI=1S/C12H6O4/c13-9-5-6-15-12-7(9)1-3-10-8(12)2-4-11(14)16-10/h1-6H. The Morgan fingerprint density at radius 1 is 0.875 bits per heavy atom. The van der Waals surface area contributed by atoms with Crippen molar-refractivity contribution in [3.63, 3.8) is 0 Å². The summed E-state index contributed by atoms with van der Waals surface area (Å²) in [6.07, 6.45) is 1.33. The van der Waals surface area contributed by atoms with Gasteiger partial charge in [0.15, 0.2) is 5.43 Å². The van der Waals surface area contributed by atoms with Gasteiger partial charge in [-0.25, -0.2) is 4.79 Å². The number of fused-ring (bicyclic) bond motifs is 3. The lowest BCUT2D eigenvalue weighted by Crippen LogP contribution is -1.99. The van der Waals surface area contributed by atoms with E-state index in [4.69, 9.17) is 8.83 Å². The van der Waals surface area contributed by atoms with Crippen molar-refractivity contribution in [1.29, 1.82) is 0 Å². The Morgan fingerprint density at radius 2 is 1.69 bits per heavy atom. The molecule has 3 aromatic rings. The van der Waals surface area contributed by atoms with Gasteiger partial charge < -0.3 is 8.83 Å². The smallest absolute Gasteiger partial charge is 0.336 e. The topological polar surface area (TPSA) is 60.4 Å². The van der Waals surface area contributed by atoms with Crippen molar-refractivity contribution in [2.75, 3.05) is 0 Å². The van der Waals surface area contributed by atoms with E-state index < -0.39 is 5.63 Å². The molecule has 0 fully saturated rings. The lowest BCUT2D eigenvalue weighted by Gasteiger charge is -1.99. The molecule has 1 aromatic carbocycles. The molecule has 0 radical (unpaired) electrons. The van der Waals surface area contributed by atoms with Crippen LogP contribution < -0.4 is 11.1 Å².